The molecule has 3 atom stereocenters. The lowest BCUT2D eigenvalue weighted by Gasteiger charge is -2.39. The van der Waals surface area contributed by atoms with Crippen LogP contribution in [0.15, 0.2) is 47.8 Å². The van der Waals surface area contributed by atoms with Crippen LogP contribution in [-0.2, 0) is 11.2 Å². The molecule has 3 rings (SSSR count). The summed E-state index contributed by atoms with van der Waals surface area (Å²) in [5, 5.41) is 4.70. The van der Waals surface area contributed by atoms with E-state index >= 15 is 0 Å². The second-order valence-corrected chi connectivity index (χ2v) is 9.41. The molecule has 1 aromatic heterocycles. The molecule has 1 fully saturated rings. The van der Waals surface area contributed by atoms with Crippen molar-refractivity contribution in [3.8, 4) is 0 Å². The Balaban J connectivity index is 1.60. The van der Waals surface area contributed by atoms with E-state index in [9.17, 15) is 0 Å². The van der Waals surface area contributed by atoms with Crippen molar-refractivity contribution >= 4 is 11.3 Å². The quantitative estimate of drug-likeness (QED) is 0.706. The predicted octanol–water partition coefficient (Wildman–Crippen LogP) is 4.83. The van der Waals surface area contributed by atoms with Crippen molar-refractivity contribution in [3.05, 3.63) is 58.3 Å². The molecule has 3 heteroatoms. The fourth-order valence-electron chi connectivity index (χ4n) is 4.33. The molecule has 2 heterocycles. The zero-order chi connectivity index (χ0) is 18.4. The van der Waals surface area contributed by atoms with E-state index < -0.39 is 0 Å². The largest absolute Gasteiger partial charge is 0.376 e. The molecule has 1 aromatic carbocycles. The molecule has 0 aliphatic carbocycles. The predicted molar refractivity (Wildman–Crippen MR) is 111 cm³/mol. The third-order valence-corrected chi connectivity index (χ3v) is 6.87. The summed E-state index contributed by atoms with van der Waals surface area (Å²) in [6.45, 7) is 8.95. The van der Waals surface area contributed by atoms with Crippen LogP contribution in [0.1, 0.15) is 56.5 Å². The second kappa shape index (κ2) is 9.16. The number of rotatable bonds is 8. The molecule has 0 amide bonds. The number of ether oxygens (including phenoxy) is 1. The van der Waals surface area contributed by atoms with E-state index in [4.69, 9.17) is 4.74 Å². The van der Waals surface area contributed by atoms with Gasteiger partial charge in [0.1, 0.15) is 6.04 Å². The Morgan fingerprint density at radius 3 is 2.69 bits per heavy atom. The molecule has 1 saturated heterocycles. The Hall–Kier alpha value is -1.16. The summed E-state index contributed by atoms with van der Waals surface area (Å²) in [5.74, 6) is 1.51. The normalized spacial score (nSPS) is 22.0. The van der Waals surface area contributed by atoms with Gasteiger partial charge in [-0.3, -0.25) is 0 Å². The Labute approximate surface area is 163 Å². The van der Waals surface area contributed by atoms with Crippen LogP contribution in [0.5, 0.6) is 0 Å². The van der Waals surface area contributed by atoms with Crippen molar-refractivity contribution in [2.24, 2.45) is 11.8 Å². The highest BCUT2D eigenvalue weighted by Crippen LogP contribution is 2.36. The molecule has 2 aromatic rings. The van der Waals surface area contributed by atoms with Crippen LogP contribution < -0.4 is 5.32 Å². The number of nitrogens with two attached hydrogens (primary N) is 1. The molecule has 1 aliphatic heterocycles. The lowest BCUT2D eigenvalue weighted by Crippen LogP contribution is -2.84. The molecule has 1 aliphatic rings. The molecule has 26 heavy (non-hydrogen) atoms. The van der Waals surface area contributed by atoms with Gasteiger partial charge >= 0.3 is 0 Å². The maximum atomic E-state index is 5.98. The van der Waals surface area contributed by atoms with Crippen LogP contribution in [0, 0.1) is 11.8 Å². The number of benzene rings is 1. The first kappa shape index (κ1) is 19.6. The van der Waals surface area contributed by atoms with E-state index in [-0.39, 0.29) is 5.60 Å². The van der Waals surface area contributed by atoms with Crippen LogP contribution in [-0.4, -0.2) is 18.8 Å². The molecule has 2 N–H and O–H groups in total. The van der Waals surface area contributed by atoms with Gasteiger partial charge in [-0.05, 0) is 75.3 Å². The van der Waals surface area contributed by atoms with E-state index in [0.717, 1.165) is 18.4 Å². The molecule has 0 spiro atoms. The highest BCUT2D eigenvalue weighted by molar-refractivity contribution is 7.10. The Bertz CT molecular complexity index is 637. The van der Waals surface area contributed by atoms with Gasteiger partial charge in [-0.2, -0.15) is 0 Å². The van der Waals surface area contributed by atoms with Crippen molar-refractivity contribution in [1.29, 1.82) is 0 Å². The average molecular weight is 373 g/mol. The van der Waals surface area contributed by atoms with Crippen LogP contribution in [0.25, 0.3) is 0 Å². The van der Waals surface area contributed by atoms with E-state index in [1.54, 1.807) is 0 Å². The molecule has 0 radical (unpaired) electrons. The summed E-state index contributed by atoms with van der Waals surface area (Å²) >= 11 is 1.87. The van der Waals surface area contributed by atoms with E-state index in [1.807, 2.05) is 11.3 Å². The van der Waals surface area contributed by atoms with Crippen molar-refractivity contribution in [1.82, 2.24) is 0 Å². The van der Waals surface area contributed by atoms with Gasteiger partial charge in [0.05, 0.1) is 17.0 Å². The number of hydrogen-bond donors (Lipinski definition) is 1. The van der Waals surface area contributed by atoms with Crippen molar-refractivity contribution in [2.75, 3.05) is 13.2 Å². The first-order valence-corrected chi connectivity index (χ1v) is 11.0. The summed E-state index contributed by atoms with van der Waals surface area (Å²) < 4.78 is 5.98. The smallest absolute Gasteiger partial charge is 0.118 e. The molecule has 0 unspecified atom stereocenters. The molecular formula is C23H34NOS+. The van der Waals surface area contributed by atoms with E-state index in [1.165, 1.54) is 42.7 Å². The molecule has 2 nitrogen and oxygen atoms in total. The minimum Gasteiger partial charge on any atom is -0.376 e. The van der Waals surface area contributed by atoms with Crippen LogP contribution in [0.4, 0.5) is 0 Å². The molecule has 0 saturated carbocycles. The van der Waals surface area contributed by atoms with Gasteiger partial charge in [-0.15, -0.1) is 11.3 Å². The van der Waals surface area contributed by atoms with Crippen molar-refractivity contribution in [3.63, 3.8) is 0 Å². The highest BCUT2D eigenvalue weighted by atomic mass is 32.1. The van der Waals surface area contributed by atoms with Crippen LogP contribution in [0.3, 0.4) is 0 Å². The SMILES string of the molecule is C[C@@H]([NH2+]CC[C@@H](Cc1ccccc1)[C@@H]1CCOC(C)(C)C1)c1cccs1. The maximum Gasteiger partial charge on any atom is 0.118 e. The van der Waals surface area contributed by atoms with Gasteiger partial charge in [0.15, 0.2) is 0 Å². The monoisotopic (exact) mass is 372 g/mol. The zero-order valence-electron chi connectivity index (χ0n) is 16.5. The molecule has 0 bridgehead atoms. The first-order valence-electron chi connectivity index (χ1n) is 10.1. The van der Waals surface area contributed by atoms with E-state index in [0.29, 0.717) is 6.04 Å². The first-order chi connectivity index (χ1) is 12.5. The summed E-state index contributed by atoms with van der Waals surface area (Å²) in [5.41, 5.74) is 1.51. The van der Waals surface area contributed by atoms with Crippen LogP contribution >= 0.6 is 11.3 Å². The van der Waals surface area contributed by atoms with Crippen molar-refractivity contribution in [2.45, 2.75) is 58.1 Å². The minimum atomic E-state index is 0.0336. The highest BCUT2D eigenvalue weighted by Gasteiger charge is 2.33. The van der Waals surface area contributed by atoms with Gasteiger partial charge < -0.3 is 10.1 Å². The lowest BCUT2D eigenvalue weighted by molar-refractivity contribution is -0.693. The average Bonchev–Trinajstić information content (AvgIpc) is 3.15. The summed E-state index contributed by atoms with van der Waals surface area (Å²) in [6, 6.07) is 16.0. The maximum absolute atomic E-state index is 5.98. The Morgan fingerprint density at radius 1 is 1.19 bits per heavy atom. The minimum absolute atomic E-state index is 0.0336. The summed E-state index contributed by atoms with van der Waals surface area (Å²) in [6.07, 6.45) is 4.88. The van der Waals surface area contributed by atoms with Gasteiger partial charge in [-0.25, -0.2) is 0 Å². The number of quaternary nitrogens is 1. The van der Waals surface area contributed by atoms with Crippen molar-refractivity contribution < 1.29 is 10.1 Å². The number of hydrogen-bond acceptors (Lipinski definition) is 2. The summed E-state index contributed by atoms with van der Waals surface area (Å²) in [4.78, 5) is 1.48. The van der Waals surface area contributed by atoms with Gasteiger partial charge in [-0.1, -0.05) is 36.4 Å². The standard InChI is InChI=1S/C23H33NOS/c1-18(22-10-7-15-26-22)24-13-11-20(16-19-8-5-4-6-9-19)21-12-14-25-23(2,3)17-21/h4-10,15,18,20-21,24H,11-14,16-17H2,1-3H3/p+1/t18-,20+,21-/m1/s1. The van der Waals surface area contributed by atoms with E-state index in [2.05, 4.69) is 73.9 Å². The Morgan fingerprint density at radius 2 is 2.00 bits per heavy atom. The molecular weight excluding hydrogens is 338 g/mol. The fourth-order valence-corrected chi connectivity index (χ4v) is 5.11. The molecule has 142 valence electrons. The van der Waals surface area contributed by atoms with Crippen LogP contribution in [0.2, 0.25) is 0 Å². The van der Waals surface area contributed by atoms with Gasteiger partial charge in [0.2, 0.25) is 0 Å². The van der Waals surface area contributed by atoms with Gasteiger partial charge in [0.25, 0.3) is 0 Å². The Kier molecular flexibility index (Phi) is 6.91. The third-order valence-electron chi connectivity index (χ3n) is 5.79. The fraction of sp³-hybridized carbons (Fsp3) is 0.565. The lowest BCUT2D eigenvalue weighted by atomic mass is 9.75. The summed E-state index contributed by atoms with van der Waals surface area (Å²) in [7, 11) is 0. The van der Waals surface area contributed by atoms with Gasteiger partial charge in [0, 0.05) is 6.61 Å². The topological polar surface area (TPSA) is 25.8 Å². The second-order valence-electron chi connectivity index (χ2n) is 8.43. The zero-order valence-corrected chi connectivity index (χ0v) is 17.3. The number of thiophene rings is 1. The third kappa shape index (κ3) is 5.67.